The van der Waals surface area contributed by atoms with Crippen LogP contribution in [-0.2, 0) is 27.1 Å². The molecular formula is C25H33N6O3S+. The highest BCUT2D eigenvalue weighted by atomic mass is 32.2. The van der Waals surface area contributed by atoms with E-state index >= 15 is 0 Å². The van der Waals surface area contributed by atoms with E-state index in [1.54, 1.807) is 12.4 Å². The number of fused-ring (bicyclic) bond motifs is 3. The number of rotatable bonds is 7. The van der Waals surface area contributed by atoms with Gasteiger partial charge in [-0.25, -0.2) is 14.8 Å². The number of alkyl carbamates (subject to hydrolysis) is 1. The minimum Gasteiger partial charge on any atom is -0.444 e. The van der Waals surface area contributed by atoms with E-state index < -0.39 is 11.7 Å². The van der Waals surface area contributed by atoms with Crippen LogP contribution in [-0.4, -0.2) is 70.2 Å². The van der Waals surface area contributed by atoms with Crippen molar-refractivity contribution >= 4 is 44.6 Å². The van der Waals surface area contributed by atoms with E-state index in [1.165, 1.54) is 0 Å². The number of hydrogen-bond acceptors (Lipinski definition) is 7. The number of nitrogens with one attached hydrogen (secondary N) is 1. The van der Waals surface area contributed by atoms with Crippen molar-refractivity contribution in [2.45, 2.75) is 45.6 Å². The van der Waals surface area contributed by atoms with Gasteiger partial charge < -0.3 is 19.7 Å². The van der Waals surface area contributed by atoms with E-state index in [2.05, 4.69) is 38.8 Å². The van der Waals surface area contributed by atoms with Gasteiger partial charge in [0.15, 0.2) is 0 Å². The molecule has 1 atom stereocenters. The van der Waals surface area contributed by atoms with Crippen LogP contribution in [0, 0.1) is 11.3 Å². The second kappa shape index (κ2) is 10.3. The quantitative estimate of drug-likeness (QED) is 0.394. The largest absolute Gasteiger partial charge is 0.444 e. The number of amides is 1. The van der Waals surface area contributed by atoms with E-state index in [-0.39, 0.29) is 6.04 Å². The van der Waals surface area contributed by atoms with Gasteiger partial charge in [-0.05, 0) is 50.2 Å². The molecule has 0 unspecified atom stereocenters. The number of carbonyl (C=O) groups excluding carboxylic acids is 1. The first kappa shape index (κ1) is 25.1. The van der Waals surface area contributed by atoms with Crippen LogP contribution in [0.4, 0.5) is 10.5 Å². The molecule has 3 aromatic rings. The second-order valence-electron chi connectivity index (χ2n) is 9.96. The lowest BCUT2D eigenvalue weighted by Gasteiger charge is -2.23. The summed E-state index contributed by atoms with van der Waals surface area (Å²) in [6.07, 6.45) is 8.34. The van der Waals surface area contributed by atoms with Crippen LogP contribution in [0.25, 0.3) is 21.9 Å². The first-order chi connectivity index (χ1) is 16.7. The van der Waals surface area contributed by atoms with Gasteiger partial charge >= 0.3 is 6.09 Å². The number of nitrogens with zero attached hydrogens (tertiary/aromatic N) is 5. The molecule has 4 rings (SSSR count). The van der Waals surface area contributed by atoms with Gasteiger partial charge in [0, 0.05) is 24.7 Å². The van der Waals surface area contributed by atoms with Crippen molar-refractivity contribution in [3.8, 4) is 6.07 Å². The van der Waals surface area contributed by atoms with Crippen LogP contribution in [0.5, 0.6) is 0 Å². The molecule has 0 saturated carbocycles. The number of aromatic nitrogens is 3. The maximum Gasteiger partial charge on any atom is 0.407 e. The molecule has 35 heavy (non-hydrogen) atoms. The maximum atomic E-state index is 12.3. The number of carbonyl (C=O) groups is 1. The summed E-state index contributed by atoms with van der Waals surface area (Å²) < 4.78 is 13.4. The molecule has 4 heterocycles. The van der Waals surface area contributed by atoms with Crippen molar-refractivity contribution in [2.75, 3.05) is 42.9 Å². The summed E-state index contributed by atoms with van der Waals surface area (Å²) in [6.45, 7) is 8.05. The topological polar surface area (TPSA) is 105 Å². The first-order valence-electron chi connectivity index (χ1n) is 11.7. The zero-order valence-electron chi connectivity index (χ0n) is 21.0. The van der Waals surface area contributed by atoms with Gasteiger partial charge in [0.2, 0.25) is 0 Å². The molecule has 0 aromatic carbocycles. The number of nitriles is 1. The fourth-order valence-corrected chi connectivity index (χ4v) is 4.74. The molecule has 1 saturated heterocycles. The molecule has 1 amide bonds. The zero-order chi connectivity index (χ0) is 25.2. The Morgan fingerprint density at radius 3 is 2.86 bits per heavy atom. The highest BCUT2D eigenvalue weighted by Gasteiger charge is 2.28. The van der Waals surface area contributed by atoms with Crippen LogP contribution in [0.2, 0.25) is 0 Å². The predicted molar refractivity (Wildman–Crippen MR) is 140 cm³/mol. The van der Waals surface area contributed by atoms with Crippen LogP contribution in [0.1, 0.15) is 32.9 Å². The second-order valence-corrected chi connectivity index (χ2v) is 12.3. The summed E-state index contributed by atoms with van der Waals surface area (Å²) in [5.74, 6) is 1.01. The van der Waals surface area contributed by atoms with Crippen molar-refractivity contribution in [1.29, 1.82) is 5.26 Å². The summed E-state index contributed by atoms with van der Waals surface area (Å²) in [5.41, 5.74) is 2.52. The monoisotopic (exact) mass is 497 g/mol. The Balaban J connectivity index is 1.65. The lowest BCUT2D eigenvalue weighted by molar-refractivity contribution is 0.0509. The highest BCUT2D eigenvalue weighted by Crippen LogP contribution is 2.36. The number of ether oxygens (including phenoxy) is 2. The van der Waals surface area contributed by atoms with Gasteiger partial charge in [0.1, 0.15) is 35.5 Å². The fourth-order valence-electron chi connectivity index (χ4n) is 4.29. The predicted octanol–water partition coefficient (Wildman–Crippen LogP) is 3.41. The number of anilines is 1. The lowest BCUT2D eigenvalue weighted by atomic mass is 10.1. The number of hydrogen-bond donors (Lipinski definition) is 1. The SMILES string of the molecule is C[S+](C)CCOCn1c2cnc(C#N)cc2c2c(N3CC[C@H](NC(=O)OC(C)(C)C)C3)ccnc21. The first-order valence-corrected chi connectivity index (χ1v) is 13.9. The third-order valence-corrected chi connectivity index (χ3v) is 6.81. The van der Waals surface area contributed by atoms with Gasteiger partial charge in [0.25, 0.3) is 0 Å². The molecule has 9 nitrogen and oxygen atoms in total. The fraction of sp³-hybridized carbons (Fsp3) is 0.520. The van der Waals surface area contributed by atoms with Crippen molar-refractivity contribution in [1.82, 2.24) is 19.9 Å². The molecule has 10 heteroatoms. The van der Waals surface area contributed by atoms with Gasteiger partial charge in [-0.1, -0.05) is 0 Å². The van der Waals surface area contributed by atoms with Crippen LogP contribution >= 0.6 is 0 Å². The van der Waals surface area contributed by atoms with Crippen molar-refractivity contribution in [2.24, 2.45) is 0 Å². The minimum absolute atomic E-state index is 0.0158. The zero-order valence-corrected chi connectivity index (χ0v) is 21.8. The summed E-state index contributed by atoms with van der Waals surface area (Å²) >= 11 is 0. The van der Waals surface area contributed by atoms with Gasteiger partial charge in [-0.3, -0.25) is 4.57 Å². The van der Waals surface area contributed by atoms with Crippen molar-refractivity contribution < 1.29 is 14.3 Å². The van der Waals surface area contributed by atoms with E-state index in [4.69, 9.17) is 9.47 Å². The summed E-state index contributed by atoms with van der Waals surface area (Å²) in [4.78, 5) is 23.5. The summed E-state index contributed by atoms with van der Waals surface area (Å²) in [7, 11) is 0.315. The summed E-state index contributed by atoms with van der Waals surface area (Å²) in [5, 5.41) is 14.3. The molecule has 1 fully saturated rings. The molecule has 0 aliphatic carbocycles. The summed E-state index contributed by atoms with van der Waals surface area (Å²) in [6, 6.07) is 5.95. The molecule has 1 aliphatic rings. The van der Waals surface area contributed by atoms with Crippen LogP contribution in [0.3, 0.4) is 0 Å². The van der Waals surface area contributed by atoms with E-state index in [0.29, 0.717) is 36.5 Å². The highest BCUT2D eigenvalue weighted by molar-refractivity contribution is 7.95. The number of pyridine rings is 2. The molecule has 1 aliphatic heterocycles. The molecule has 0 bridgehead atoms. The standard InChI is InChI=1S/C25H32N6O3S/c1-25(2,3)34-24(32)29-17-7-9-30(15-17)20-6-8-27-23-22(20)19-12-18(13-26)28-14-21(19)31(23)16-33-10-11-35(4)5/h6,8,12,14,17H,7,9-11,15-16H2,1-5H3/p+1/t17-/m0/s1. The average molecular weight is 498 g/mol. The minimum atomic E-state index is -0.536. The van der Waals surface area contributed by atoms with Crippen molar-refractivity contribution in [3.05, 3.63) is 30.2 Å². The Hall–Kier alpha value is -3.03. The third kappa shape index (κ3) is 5.80. The van der Waals surface area contributed by atoms with Crippen LogP contribution in [0.15, 0.2) is 24.5 Å². The Kier molecular flexibility index (Phi) is 7.38. The van der Waals surface area contributed by atoms with Crippen LogP contribution < -0.4 is 10.2 Å². The van der Waals surface area contributed by atoms with E-state index in [1.807, 2.05) is 37.5 Å². The van der Waals surface area contributed by atoms with Gasteiger partial charge in [-0.2, -0.15) is 5.26 Å². The molecular weight excluding hydrogens is 464 g/mol. The van der Waals surface area contributed by atoms with E-state index in [0.717, 1.165) is 46.3 Å². The molecule has 1 N–H and O–H groups in total. The van der Waals surface area contributed by atoms with E-state index in [9.17, 15) is 10.1 Å². The normalized spacial score (nSPS) is 16.3. The van der Waals surface area contributed by atoms with Crippen molar-refractivity contribution in [3.63, 3.8) is 0 Å². The molecule has 0 radical (unpaired) electrons. The molecule has 3 aromatic heterocycles. The Morgan fingerprint density at radius 2 is 2.14 bits per heavy atom. The Bertz CT molecular complexity index is 1260. The average Bonchev–Trinajstić information content (AvgIpc) is 3.37. The van der Waals surface area contributed by atoms with Gasteiger partial charge in [0.05, 0.1) is 47.9 Å². The molecule has 0 spiro atoms. The lowest BCUT2D eigenvalue weighted by Crippen LogP contribution is -2.40. The Labute approximate surface area is 208 Å². The third-order valence-electron chi connectivity index (χ3n) is 5.83. The smallest absolute Gasteiger partial charge is 0.407 e. The maximum absolute atomic E-state index is 12.3. The molecule has 186 valence electrons. The van der Waals surface area contributed by atoms with Gasteiger partial charge in [-0.15, -0.1) is 0 Å². The Morgan fingerprint density at radius 1 is 1.34 bits per heavy atom.